The van der Waals surface area contributed by atoms with Gasteiger partial charge in [-0.25, -0.2) is 4.79 Å². The Balaban J connectivity index is 1.85. The van der Waals surface area contributed by atoms with E-state index in [2.05, 4.69) is 10.5 Å². The Morgan fingerprint density at radius 2 is 2.12 bits per heavy atom. The van der Waals surface area contributed by atoms with E-state index in [-0.39, 0.29) is 17.3 Å². The van der Waals surface area contributed by atoms with Crippen LogP contribution in [0.15, 0.2) is 49.0 Å². The van der Waals surface area contributed by atoms with Crippen LogP contribution in [0.5, 0.6) is 11.5 Å². The molecule has 0 fully saturated rings. The van der Waals surface area contributed by atoms with Crippen molar-refractivity contribution in [3.05, 3.63) is 61.6 Å². The highest BCUT2D eigenvalue weighted by Crippen LogP contribution is 2.49. The number of phenolic OH excluding ortho intramolecular Hbond substituents is 1. The Morgan fingerprint density at radius 3 is 2.84 bits per heavy atom. The Hall–Kier alpha value is -3.39. The van der Waals surface area contributed by atoms with Crippen LogP contribution in [0.3, 0.4) is 0 Å². The number of aliphatic imine (C=N–C) groups is 1. The Morgan fingerprint density at radius 1 is 1.31 bits per heavy atom. The molecule has 2 aromatic heterocycles. The average Bonchev–Trinajstić information content (AvgIpc) is 3.27. The van der Waals surface area contributed by atoms with Crippen molar-refractivity contribution in [2.45, 2.75) is 45.3 Å². The van der Waals surface area contributed by atoms with Gasteiger partial charge in [0.1, 0.15) is 23.1 Å². The molecule has 8 heteroatoms. The highest BCUT2D eigenvalue weighted by Gasteiger charge is 2.33. The highest BCUT2D eigenvalue weighted by molar-refractivity contribution is 7.12. The van der Waals surface area contributed by atoms with Crippen molar-refractivity contribution in [3.63, 3.8) is 0 Å². The van der Waals surface area contributed by atoms with E-state index in [1.165, 1.54) is 17.4 Å². The summed E-state index contributed by atoms with van der Waals surface area (Å²) >= 11 is 1.53. The lowest BCUT2D eigenvalue weighted by atomic mass is 9.90. The molecule has 7 nitrogen and oxygen atoms in total. The molecule has 32 heavy (non-hydrogen) atoms. The second kappa shape index (κ2) is 7.34. The number of nitrogens with zero attached hydrogens (tertiary/aromatic N) is 2. The van der Waals surface area contributed by atoms with Gasteiger partial charge in [-0.15, -0.1) is 11.3 Å². The number of hydrogen-bond donors (Lipinski definition) is 2. The van der Waals surface area contributed by atoms with Gasteiger partial charge >= 0.3 is 5.63 Å². The van der Waals surface area contributed by atoms with E-state index in [0.717, 1.165) is 10.4 Å². The van der Waals surface area contributed by atoms with Gasteiger partial charge in [0.15, 0.2) is 11.4 Å². The van der Waals surface area contributed by atoms with Crippen LogP contribution in [-0.2, 0) is 0 Å². The molecule has 1 atom stereocenters. The third-order valence-corrected chi connectivity index (χ3v) is 6.44. The molecular weight excluding hydrogens is 426 g/mol. The zero-order valence-electron chi connectivity index (χ0n) is 18.2. The lowest BCUT2D eigenvalue weighted by Gasteiger charge is -2.31. The number of nitrogens with one attached hydrogen (secondary N) is 1. The van der Waals surface area contributed by atoms with Gasteiger partial charge in [-0.2, -0.15) is 5.10 Å². The minimum atomic E-state index is -0.643. The molecule has 0 aliphatic carbocycles. The van der Waals surface area contributed by atoms with E-state index in [9.17, 15) is 9.90 Å². The Kier molecular flexibility index (Phi) is 4.70. The number of rotatable bonds is 3. The third kappa shape index (κ3) is 3.31. The summed E-state index contributed by atoms with van der Waals surface area (Å²) in [6, 6.07) is 4.73. The van der Waals surface area contributed by atoms with Gasteiger partial charge < -0.3 is 14.3 Å². The molecule has 2 N–H and O–H groups in total. The molecule has 4 heterocycles. The number of ether oxygens (including phenoxy) is 1. The Labute approximate surface area is 188 Å². The second-order valence-electron chi connectivity index (χ2n) is 8.71. The lowest BCUT2D eigenvalue weighted by Crippen LogP contribution is -2.28. The van der Waals surface area contributed by atoms with Crippen molar-refractivity contribution in [1.29, 1.82) is 0 Å². The monoisotopic (exact) mass is 449 g/mol. The summed E-state index contributed by atoms with van der Waals surface area (Å²) in [6.07, 6.45) is 5.35. The van der Waals surface area contributed by atoms with E-state index in [1.807, 2.05) is 57.4 Å². The topological polar surface area (TPSA) is 96.4 Å². The van der Waals surface area contributed by atoms with Gasteiger partial charge in [0.2, 0.25) is 0 Å². The van der Waals surface area contributed by atoms with Crippen LogP contribution in [0, 0.1) is 0 Å². The SMILES string of the molecule is CC(C)c1cc(=O)oc2c(C3C=NNC(c4cccs4)=N3)c(O)c3c(c12)OC(C)(C)C=C3. The van der Waals surface area contributed by atoms with Gasteiger partial charge in [0.05, 0.1) is 27.6 Å². The predicted molar refractivity (Wildman–Crippen MR) is 127 cm³/mol. The number of fused-ring (bicyclic) bond motifs is 3. The molecule has 3 aromatic rings. The number of phenols is 1. The maximum absolute atomic E-state index is 12.5. The number of benzene rings is 1. The molecule has 0 saturated carbocycles. The van der Waals surface area contributed by atoms with Crippen LogP contribution >= 0.6 is 11.3 Å². The highest BCUT2D eigenvalue weighted by atomic mass is 32.1. The quantitative estimate of drug-likeness (QED) is 0.552. The van der Waals surface area contributed by atoms with E-state index in [4.69, 9.17) is 14.1 Å². The molecule has 2 aliphatic heterocycles. The molecular formula is C24H23N3O4S. The molecule has 0 amide bonds. The molecule has 1 unspecified atom stereocenters. The fourth-order valence-electron chi connectivity index (χ4n) is 4.04. The van der Waals surface area contributed by atoms with Crippen LogP contribution < -0.4 is 15.8 Å². The third-order valence-electron chi connectivity index (χ3n) is 5.56. The van der Waals surface area contributed by atoms with Crippen molar-refractivity contribution in [2.24, 2.45) is 10.1 Å². The van der Waals surface area contributed by atoms with Gasteiger partial charge in [-0.1, -0.05) is 19.9 Å². The summed E-state index contributed by atoms with van der Waals surface area (Å²) in [4.78, 5) is 18.2. The van der Waals surface area contributed by atoms with E-state index >= 15 is 0 Å². The fraction of sp³-hybridized carbons (Fsp3) is 0.292. The van der Waals surface area contributed by atoms with Crippen molar-refractivity contribution in [3.8, 4) is 11.5 Å². The normalized spacial score (nSPS) is 18.9. The van der Waals surface area contributed by atoms with Gasteiger partial charge in [0, 0.05) is 6.07 Å². The summed E-state index contributed by atoms with van der Waals surface area (Å²) in [6.45, 7) is 7.90. The van der Waals surface area contributed by atoms with Gasteiger partial charge in [0.25, 0.3) is 0 Å². The average molecular weight is 450 g/mol. The maximum Gasteiger partial charge on any atom is 0.336 e. The zero-order chi connectivity index (χ0) is 22.6. The molecule has 0 saturated heterocycles. The molecule has 1 aromatic carbocycles. The van der Waals surface area contributed by atoms with Crippen LogP contribution in [0.2, 0.25) is 0 Å². The molecule has 5 rings (SSSR count). The first-order chi connectivity index (χ1) is 15.2. The Bertz CT molecular complexity index is 1360. The van der Waals surface area contributed by atoms with Crippen molar-refractivity contribution in [2.75, 3.05) is 0 Å². The first-order valence-electron chi connectivity index (χ1n) is 10.4. The summed E-state index contributed by atoms with van der Waals surface area (Å²) in [5.41, 5.74) is 3.88. The summed E-state index contributed by atoms with van der Waals surface area (Å²) in [5, 5.41) is 18.2. The second-order valence-corrected chi connectivity index (χ2v) is 9.66. The number of hydrogen-bond acceptors (Lipinski definition) is 8. The first-order valence-corrected chi connectivity index (χ1v) is 11.3. The van der Waals surface area contributed by atoms with Gasteiger partial charge in [-0.05, 0) is 48.9 Å². The van der Waals surface area contributed by atoms with Crippen molar-refractivity contribution >= 4 is 40.4 Å². The van der Waals surface area contributed by atoms with Crippen LogP contribution in [-0.4, -0.2) is 22.8 Å². The summed E-state index contributed by atoms with van der Waals surface area (Å²) < 4.78 is 12.0. The standard InChI is InChI=1S/C24H23N3O4S/c1-12(2)14-10-17(28)30-22-18(14)21-13(7-8-24(3,4)31-21)20(29)19(22)15-11-25-27-23(26-15)16-6-5-9-32-16/h5-12,15,29H,1-4H3,(H,26,27). The van der Waals surface area contributed by atoms with E-state index in [0.29, 0.717) is 28.1 Å². The van der Waals surface area contributed by atoms with Crippen LogP contribution in [0.25, 0.3) is 17.0 Å². The van der Waals surface area contributed by atoms with E-state index in [1.54, 1.807) is 6.21 Å². The number of aromatic hydroxyl groups is 1. The molecule has 164 valence electrons. The van der Waals surface area contributed by atoms with Crippen LogP contribution in [0.4, 0.5) is 0 Å². The minimum Gasteiger partial charge on any atom is -0.507 e. The molecule has 0 bridgehead atoms. The number of thiophene rings is 1. The molecule has 2 aliphatic rings. The summed E-state index contributed by atoms with van der Waals surface area (Å²) in [5.74, 6) is 1.10. The largest absolute Gasteiger partial charge is 0.507 e. The minimum absolute atomic E-state index is 0.0315. The van der Waals surface area contributed by atoms with Crippen molar-refractivity contribution < 1.29 is 14.3 Å². The zero-order valence-corrected chi connectivity index (χ0v) is 19.0. The number of amidine groups is 1. The smallest absolute Gasteiger partial charge is 0.336 e. The molecule has 0 spiro atoms. The summed E-state index contributed by atoms with van der Waals surface area (Å²) in [7, 11) is 0. The van der Waals surface area contributed by atoms with Crippen molar-refractivity contribution in [1.82, 2.24) is 5.43 Å². The number of hydrazone groups is 1. The molecule has 0 radical (unpaired) electrons. The van der Waals surface area contributed by atoms with Gasteiger partial charge in [-0.3, -0.25) is 10.4 Å². The van der Waals surface area contributed by atoms with E-state index < -0.39 is 17.3 Å². The maximum atomic E-state index is 12.5. The lowest BCUT2D eigenvalue weighted by molar-refractivity contribution is 0.160. The van der Waals surface area contributed by atoms with Crippen LogP contribution in [0.1, 0.15) is 61.2 Å². The first kappa shape index (κ1) is 20.5. The fourth-order valence-corrected chi connectivity index (χ4v) is 4.71. The predicted octanol–water partition coefficient (Wildman–Crippen LogP) is 4.94.